The molecule has 0 amide bonds. The summed E-state index contributed by atoms with van der Waals surface area (Å²) in [7, 11) is 0. The highest BCUT2D eigenvalue weighted by Crippen LogP contribution is 2.28. The van der Waals surface area contributed by atoms with E-state index in [0.717, 1.165) is 32.2 Å². The minimum absolute atomic E-state index is 0.134. The molecule has 1 N–H and O–H groups in total. The Morgan fingerprint density at radius 1 is 1.17 bits per heavy atom. The molecule has 0 aliphatic rings. The summed E-state index contributed by atoms with van der Waals surface area (Å²) in [6.45, 7) is 1.88. The van der Waals surface area contributed by atoms with Crippen molar-refractivity contribution in [1.82, 2.24) is 4.98 Å². The summed E-state index contributed by atoms with van der Waals surface area (Å²) in [5.41, 5.74) is 3.57. The van der Waals surface area contributed by atoms with Gasteiger partial charge in [0.2, 0.25) is 0 Å². The van der Waals surface area contributed by atoms with Gasteiger partial charge in [-0.1, -0.05) is 58.7 Å². The molecule has 4 heteroatoms. The van der Waals surface area contributed by atoms with Gasteiger partial charge in [-0.2, -0.15) is 0 Å². The number of nitrogens with one attached hydrogen (secondary N) is 1. The van der Waals surface area contributed by atoms with Gasteiger partial charge in [-0.3, -0.25) is 4.79 Å². The lowest BCUT2D eigenvalue weighted by atomic mass is 10.0. The molecular formula is C19H15BrClNO. The SMILES string of the molecule is CCC(=O)c1c(/C=C/c2ccc(Cl)cc2)[nH]c2cc(Br)ccc12. The van der Waals surface area contributed by atoms with Crippen LogP contribution < -0.4 is 0 Å². The Kier molecular flexibility index (Phi) is 4.69. The Morgan fingerprint density at radius 2 is 1.91 bits per heavy atom. The monoisotopic (exact) mass is 387 g/mol. The first kappa shape index (κ1) is 16.0. The number of hydrogen-bond donors (Lipinski definition) is 1. The first-order valence-corrected chi connectivity index (χ1v) is 8.53. The number of ketones is 1. The lowest BCUT2D eigenvalue weighted by Gasteiger charge is -1.99. The second-order valence-corrected chi connectivity index (χ2v) is 6.62. The third kappa shape index (κ3) is 3.41. The van der Waals surface area contributed by atoms with E-state index in [9.17, 15) is 4.79 Å². The van der Waals surface area contributed by atoms with Gasteiger partial charge in [0.05, 0.1) is 11.3 Å². The van der Waals surface area contributed by atoms with Crippen LogP contribution in [0, 0.1) is 0 Å². The van der Waals surface area contributed by atoms with Crippen LogP contribution in [0.2, 0.25) is 5.02 Å². The molecule has 0 radical (unpaired) electrons. The molecule has 116 valence electrons. The van der Waals surface area contributed by atoms with E-state index >= 15 is 0 Å². The summed E-state index contributed by atoms with van der Waals surface area (Å²) in [5, 5.41) is 1.66. The van der Waals surface area contributed by atoms with Crippen molar-refractivity contribution < 1.29 is 4.79 Å². The lowest BCUT2D eigenvalue weighted by molar-refractivity contribution is 0.0989. The summed E-state index contributed by atoms with van der Waals surface area (Å²) >= 11 is 9.37. The predicted molar refractivity (Wildman–Crippen MR) is 101 cm³/mol. The highest BCUT2D eigenvalue weighted by Gasteiger charge is 2.15. The van der Waals surface area contributed by atoms with Crippen LogP contribution in [0.5, 0.6) is 0 Å². The molecule has 0 spiro atoms. The van der Waals surface area contributed by atoms with Gasteiger partial charge in [0.1, 0.15) is 0 Å². The van der Waals surface area contributed by atoms with E-state index in [-0.39, 0.29) is 5.78 Å². The Morgan fingerprint density at radius 3 is 2.61 bits per heavy atom. The molecule has 3 rings (SSSR count). The zero-order valence-corrected chi connectivity index (χ0v) is 14.9. The fourth-order valence-corrected chi connectivity index (χ4v) is 3.03. The van der Waals surface area contributed by atoms with E-state index in [1.165, 1.54) is 0 Å². The topological polar surface area (TPSA) is 32.9 Å². The summed E-state index contributed by atoms with van der Waals surface area (Å²) < 4.78 is 0.981. The van der Waals surface area contributed by atoms with E-state index in [2.05, 4.69) is 20.9 Å². The molecule has 3 aromatic rings. The van der Waals surface area contributed by atoms with Gasteiger partial charge >= 0.3 is 0 Å². The highest BCUT2D eigenvalue weighted by atomic mass is 79.9. The van der Waals surface area contributed by atoms with Crippen LogP contribution in [0.1, 0.15) is 35.0 Å². The Labute approximate surface area is 148 Å². The maximum atomic E-state index is 12.4. The quantitative estimate of drug-likeness (QED) is 0.519. The number of hydrogen-bond acceptors (Lipinski definition) is 1. The van der Waals surface area contributed by atoms with E-state index in [0.29, 0.717) is 11.4 Å². The predicted octanol–water partition coefficient (Wildman–Crippen LogP) is 6.35. The van der Waals surface area contributed by atoms with Gasteiger partial charge in [0, 0.05) is 26.8 Å². The number of halogens is 2. The second-order valence-electron chi connectivity index (χ2n) is 5.27. The molecule has 0 bridgehead atoms. The number of H-pyrrole nitrogens is 1. The number of Topliss-reactive ketones (excluding diaryl/α,β-unsaturated/α-hetero) is 1. The van der Waals surface area contributed by atoms with Crippen LogP contribution >= 0.6 is 27.5 Å². The molecular weight excluding hydrogens is 374 g/mol. The zero-order valence-electron chi connectivity index (χ0n) is 12.6. The van der Waals surface area contributed by atoms with Crippen LogP contribution in [-0.4, -0.2) is 10.8 Å². The number of fused-ring (bicyclic) bond motifs is 1. The third-order valence-electron chi connectivity index (χ3n) is 3.70. The Bertz CT molecular complexity index is 894. The molecule has 2 nitrogen and oxygen atoms in total. The average molecular weight is 389 g/mol. The standard InChI is InChI=1S/C19H15BrClNO/c1-2-18(23)19-15-9-6-13(20)11-17(15)22-16(19)10-5-12-3-7-14(21)8-4-12/h3-11,22H,2H2,1H3/b10-5+. The van der Waals surface area contributed by atoms with Crippen LogP contribution in [-0.2, 0) is 0 Å². The van der Waals surface area contributed by atoms with Crippen molar-refractivity contribution in [1.29, 1.82) is 0 Å². The summed E-state index contributed by atoms with van der Waals surface area (Å²) in [4.78, 5) is 15.7. The molecule has 0 aliphatic heterocycles. The van der Waals surface area contributed by atoms with Crippen molar-refractivity contribution in [3.63, 3.8) is 0 Å². The molecule has 1 aromatic heterocycles. The van der Waals surface area contributed by atoms with Crippen molar-refractivity contribution in [2.24, 2.45) is 0 Å². The van der Waals surface area contributed by atoms with Gasteiger partial charge in [0.15, 0.2) is 5.78 Å². The van der Waals surface area contributed by atoms with Gasteiger partial charge in [-0.25, -0.2) is 0 Å². The Balaban J connectivity index is 2.08. The second kappa shape index (κ2) is 6.73. The molecule has 0 aliphatic carbocycles. The summed E-state index contributed by atoms with van der Waals surface area (Å²) in [6, 6.07) is 13.5. The molecule has 0 atom stereocenters. The maximum absolute atomic E-state index is 12.4. The normalized spacial score (nSPS) is 11.4. The minimum Gasteiger partial charge on any atom is -0.354 e. The van der Waals surface area contributed by atoms with Gasteiger partial charge in [-0.05, 0) is 35.9 Å². The molecule has 0 saturated heterocycles. The largest absolute Gasteiger partial charge is 0.354 e. The van der Waals surface area contributed by atoms with E-state index < -0.39 is 0 Å². The fourth-order valence-electron chi connectivity index (χ4n) is 2.55. The molecule has 0 saturated carbocycles. The number of aromatic nitrogens is 1. The fraction of sp³-hybridized carbons (Fsp3) is 0.105. The first-order chi connectivity index (χ1) is 11.1. The van der Waals surface area contributed by atoms with Crippen molar-refractivity contribution >= 4 is 56.4 Å². The highest BCUT2D eigenvalue weighted by molar-refractivity contribution is 9.10. The van der Waals surface area contributed by atoms with E-state index in [1.807, 2.05) is 61.5 Å². The Hall–Kier alpha value is -1.84. The average Bonchev–Trinajstić information content (AvgIpc) is 2.91. The smallest absolute Gasteiger partial charge is 0.165 e. The third-order valence-corrected chi connectivity index (χ3v) is 4.45. The molecule has 0 unspecified atom stereocenters. The number of aromatic amines is 1. The molecule has 1 heterocycles. The van der Waals surface area contributed by atoms with Crippen LogP contribution in [0.15, 0.2) is 46.9 Å². The minimum atomic E-state index is 0.134. The van der Waals surface area contributed by atoms with Crippen LogP contribution in [0.3, 0.4) is 0 Å². The van der Waals surface area contributed by atoms with Crippen molar-refractivity contribution in [2.45, 2.75) is 13.3 Å². The van der Waals surface area contributed by atoms with Gasteiger partial charge < -0.3 is 4.98 Å². The molecule has 2 aromatic carbocycles. The lowest BCUT2D eigenvalue weighted by Crippen LogP contribution is -1.97. The number of benzene rings is 2. The summed E-state index contributed by atoms with van der Waals surface area (Å²) in [6.07, 6.45) is 4.40. The molecule has 23 heavy (non-hydrogen) atoms. The maximum Gasteiger partial charge on any atom is 0.165 e. The zero-order chi connectivity index (χ0) is 16.4. The number of rotatable bonds is 4. The van der Waals surface area contributed by atoms with Crippen molar-refractivity contribution in [3.8, 4) is 0 Å². The van der Waals surface area contributed by atoms with Crippen molar-refractivity contribution in [3.05, 3.63) is 68.8 Å². The van der Waals surface area contributed by atoms with Gasteiger partial charge in [-0.15, -0.1) is 0 Å². The molecule has 0 fully saturated rings. The van der Waals surface area contributed by atoms with E-state index in [1.54, 1.807) is 0 Å². The summed E-state index contributed by atoms with van der Waals surface area (Å²) in [5.74, 6) is 0.134. The van der Waals surface area contributed by atoms with E-state index in [4.69, 9.17) is 11.6 Å². The van der Waals surface area contributed by atoms with Crippen LogP contribution in [0.25, 0.3) is 23.1 Å². The van der Waals surface area contributed by atoms with Crippen molar-refractivity contribution in [2.75, 3.05) is 0 Å². The van der Waals surface area contributed by atoms with Crippen LogP contribution in [0.4, 0.5) is 0 Å². The number of carbonyl (C=O) groups excluding carboxylic acids is 1. The first-order valence-electron chi connectivity index (χ1n) is 7.36. The number of carbonyl (C=O) groups is 1. The van der Waals surface area contributed by atoms with Gasteiger partial charge in [0.25, 0.3) is 0 Å².